The minimum atomic E-state index is -3.98. The highest BCUT2D eigenvalue weighted by atomic mass is 32.2. The molecule has 21 heavy (non-hydrogen) atoms. The molecule has 0 aliphatic heterocycles. The Labute approximate surface area is 122 Å². The molecule has 0 spiro atoms. The summed E-state index contributed by atoms with van der Waals surface area (Å²) in [7, 11) is -3.98. The predicted octanol–water partition coefficient (Wildman–Crippen LogP) is 0.815. The molecule has 8 nitrogen and oxygen atoms in total. The third-order valence-electron chi connectivity index (χ3n) is 3.59. The quantitative estimate of drug-likeness (QED) is 0.543. The Balaban J connectivity index is 2.17. The average Bonchev–Trinajstić information content (AvgIpc) is 2.80. The number of hydrogen-bond acceptors (Lipinski definition) is 6. The molecule has 1 aromatic rings. The minimum Gasteiger partial charge on any atom is -0.393 e. The number of nitrogens with zero attached hydrogens (tertiary/aromatic N) is 1. The average molecular weight is 315 g/mol. The van der Waals surface area contributed by atoms with Crippen molar-refractivity contribution in [2.75, 3.05) is 11.9 Å². The number of anilines is 1. The van der Waals surface area contributed by atoms with Crippen molar-refractivity contribution < 1.29 is 18.4 Å². The van der Waals surface area contributed by atoms with Crippen LogP contribution in [-0.2, 0) is 10.0 Å². The fraction of sp³-hybridized carbons (Fsp3) is 0.500. The van der Waals surface area contributed by atoms with Gasteiger partial charge >= 0.3 is 0 Å². The molecule has 1 aromatic carbocycles. The lowest BCUT2D eigenvalue weighted by molar-refractivity contribution is -0.384. The lowest BCUT2D eigenvalue weighted by atomic mass is 10.1. The fourth-order valence-electron chi connectivity index (χ4n) is 2.48. The molecule has 0 saturated heterocycles. The minimum absolute atomic E-state index is 0.244. The van der Waals surface area contributed by atoms with E-state index in [4.69, 9.17) is 5.14 Å². The number of benzene rings is 1. The zero-order valence-corrected chi connectivity index (χ0v) is 12.0. The van der Waals surface area contributed by atoms with E-state index in [2.05, 4.69) is 5.32 Å². The molecule has 116 valence electrons. The molecule has 1 fully saturated rings. The van der Waals surface area contributed by atoms with Crippen molar-refractivity contribution in [1.82, 2.24) is 0 Å². The summed E-state index contributed by atoms with van der Waals surface area (Å²) in [5, 5.41) is 28.4. The van der Waals surface area contributed by atoms with Crippen LogP contribution in [-0.4, -0.2) is 31.1 Å². The summed E-state index contributed by atoms with van der Waals surface area (Å²) in [4.78, 5) is 10.1. The van der Waals surface area contributed by atoms with E-state index < -0.39 is 14.9 Å². The van der Waals surface area contributed by atoms with E-state index in [1.807, 2.05) is 0 Å². The van der Waals surface area contributed by atoms with Gasteiger partial charge in [0.2, 0.25) is 10.0 Å². The molecular weight excluding hydrogens is 298 g/mol. The molecule has 2 atom stereocenters. The van der Waals surface area contributed by atoms with Gasteiger partial charge in [0.25, 0.3) is 5.69 Å². The fourth-order valence-corrected chi connectivity index (χ4v) is 3.01. The zero-order chi connectivity index (χ0) is 15.6. The topological polar surface area (TPSA) is 136 Å². The number of nitro groups is 1. The first-order valence-corrected chi connectivity index (χ1v) is 8.05. The van der Waals surface area contributed by atoms with E-state index in [0.29, 0.717) is 13.0 Å². The molecule has 1 saturated carbocycles. The van der Waals surface area contributed by atoms with E-state index in [-0.39, 0.29) is 28.3 Å². The molecule has 2 rings (SSSR count). The first kappa shape index (κ1) is 15.7. The Morgan fingerprint density at radius 2 is 2.14 bits per heavy atom. The summed E-state index contributed by atoms with van der Waals surface area (Å²) < 4.78 is 22.5. The predicted molar refractivity (Wildman–Crippen MR) is 76.3 cm³/mol. The number of rotatable bonds is 5. The zero-order valence-electron chi connectivity index (χ0n) is 11.2. The van der Waals surface area contributed by atoms with Crippen LogP contribution in [0.15, 0.2) is 23.1 Å². The van der Waals surface area contributed by atoms with Crippen molar-refractivity contribution in [1.29, 1.82) is 0 Å². The van der Waals surface area contributed by atoms with Gasteiger partial charge in [-0.25, -0.2) is 13.6 Å². The second-order valence-electron chi connectivity index (χ2n) is 5.19. The van der Waals surface area contributed by atoms with Gasteiger partial charge in [-0.2, -0.15) is 0 Å². The monoisotopic (exact) mass is 315 g/mol. The van der Waals surface area contributed by atoms with Crippen LogP contribution in [0.1, 0.15) is 19.3 Å². The molecule has 9 heteroatoms. The molecule has 0 aromatic heterocycles. The van der Waals surface area contributed by atoms with Gasteiger partial charge in [-0.1, -0.05) is 0 Å². The van der Waals surface area contributed by atoms with Crippen LogP contribution in [0, 0.1) is 16.0 Å². The highest BCUT2D eigenvalue weighted by Crippen LogP contribution is 2.30. The second kappa shape index (κ2) is 5.96. The van der Waals surface area contributed by atoms with Crippen LogP contribution in [0.2, 0.25) is 0 Å². The Kier molecular flexibility index (Phi) is 4.45. The van der Waals surface area contributed by atoms with Crippen LogP contribution in [0.25, 0.3) is 0 Å². The Morgan fingerprint density at radius 3 is 2.67 bits per heavy atom. The number of hydrogen-bond donors (Lipinski definition) is 3. The summed E-state index contributed by atoms with van der Waals surface area (Å²) in [6, 6.07) is 3.51. The van der Waals surface area contributed by atoms with Gasteiger partial charge in [0.1, 0.15) is 5.69 Å². The molecule has 0 bridgehead atoms. The van der Waals surface area contributed by atoms with Crippen LogP contribution in [0.5, 0.6) is 0 Å². The van der Waals surface area contributed by atoms with Crippen LogP contribution < -0.4 is 10.5 Å². The van der Waals surface area contributed by atoms with E-state index in [1.165, 1.54) is 12.1 Å². The van der Waals surface area contributed by atoms with Crippen molar-refractivity contribution in [2.45, 2.75) is 30.3 Å². The van der Waals surface area contributed by atoms with Crippen molar-refractivity contribution >= 4 is 21.4 Å². The van der Waals surface area contributed by atoms with Gasteiger partial charge in [0.15, 0.2) is 0 Å². The van der Waals surface area contributed by atoms with E-state index in [9.17, 15) is 23.6 Å². The van der Waals surface area contributed by atoms with Gasteiger partial charge in [0, 0.05) is 12.6 Å². The van der Waals surface area contributed by atoms with Gasteiger partial charge in [0.05, 0.1) is 15.9 Å². The number of aliphatic hydroxyl groups excluding tert-OH is 1. The normalized spacial score (nSPS) is 22.2. The summed E-state index contributed by atoms with van der Waals surface area (Å²) >= 11 is 0. The molecule has 0 unspecified atom stereocenters. The van der Waals surface area contributed by atoms with Gasteiger partial charge in [-0.3, -0.25) is 10.1 Å². The lowest BCUT2D eigenvalue weighted by Crippen LogP contribution is -2.15. The Morgan fingerprint density at radius 1 is 1.43 bits per heavy atom. The summed E-state index contributed by atoms with van der Waals surface area (Å²) in [6.45, 7) is 0.493. The third kappa shape index (κ3) is 3.90. The largest absolute Gasteiger partial charge is 0.393 e. The number of nitrogens with two attached hydrogens (primary N) is 1. The molecule has 4 N–H and O–H groups in total. The van der Waals surface area contributed by atoms with Crippen molar-refractivity contribution in [2.24, 2.45) is 11.1 Å². The van der Waals surface area contributed by atoms with Gasteiger partial charge in [-0.05, 0) is 37.3 Å². The molecular formula is C12H17N3O5S. The number of sulfonamides is 1. The first-order valence-electron chi connectivity index (χ1n) is 6.50. The number of aliphatic hydroxyl groups is 1. The smallest absolute Gasteiger partial charge is 0.293 e. The maximum atomic E-state index is 11.2. The molecule has 1 aliphatic rings. The molecule has 1 aliphatic carbocycles. The molecule has 0 heterocycles. The van der Waals surface area contributed by atoms with Crippen molar-refractivity contribution in [3.63, 3.8) is 0 Å². The Bertz CT molecular complexity index is 646. The number of nitrogens with one attached hydrogen (secondary N) is 1. The van der Waals surface area contributed by atoms with Crippen molar-refractivity contribution in [3.8, 4) is 0 Å². The van der Waals surface area contributed by atoms with Crippen LogP contribution in [0.4, 0.5) is 11.4 Å². The maximum Gasteiger partial charge on any atom is 0.293 e. The van der Waals surface area contributed by atoms with E-state index >= 15 is 0 Å². The first-order chi connectivity index (χ1) is 9.77. The number of nitro benzene ring substituents is 1. The van der Waals surface area contributed by atoms with Crippen LogP contribution >= 0.6 is 0 Å². The van der Waals surface area contributed by atoms with E-state index in [0.717, 1.165) is 18.9 Å². The standard InChI is InChI=1S/C12H17N3O5S/c13-21(19,20)10-3-4-11(12(6-10)15(17)18)14-7-8-1-2-9(16)5-8/h3-4,6,8-9,14,16H,1-2,5,7H2,(H2,13,19,20)/t8-,9-/m1/s1. The molecule has 0 amide bonds. The maximum absolute atomic E-state index is 11.2. The SMILES string of the molecule is NS(=O)(=O)c1ccc(NC[C@@H]2CC[C@@H](O)C2)c([N+](=O)[O-])c1. The third-order valence-corrected chi connectivity index (χ3v) is 4.50. The van der Waals surface area contributed by atoms with E-state index in [1.54, 1.807) is 0 Å². The highest BCUT2D eigenvalue weighted by molar-refractivity contribution is 7.89. The molecule has 0 radical (unpaired) electrons. The van der Waals surface area contributed by atoms with Crippen LogP contribution in [0.3, 0.4) is 0 Å². The lowest BCUT2D eigenvalue weighted by Gasteiger charge is -2.12. The highest BCUT2D eigenvalue weighted by Gasteiger charge is 2.24. The number of primary sulfonamides is 1. The van der Waals surface area contributed by atoms with Gasteiger partial charge < -0.3 is 10.4 Å². The van der Waals surface area contributed by atoms with Gasteiger partial charge in [-0.15, -0.1) is 0 Å². The Hall–Kier alpha value is -1.71. The summed E-state index contributed by atoms with van der Waals surface area (Å²) in [5.41, 5.74) is -0.0890. The second-order valence-corrected chi connectivity index (χ2v) is 6.76. The summed E-state index contributed by atoms with van der Waals surface area (Å²) in [6.07, 6.45) is 1.95. The van der Waals surface area contributed by atoms with Crippen molar-refractivity contribution in [3.05, 3.63) is 28.3 Å². The summed E-state index contributed by atoms with van der Waals surface area (Å²) in [5.74, 6) is 0.248.